The van der Waals surface area contributed by atoms with Crippen LogP contribution in [0.3, 0.4) is 0 Å². The molecule has 0 aromatic carbocycles. The third-order valence-electron chi connectivity index (χ3n) is 1.96. The van der Waals surface area contributed by atoms with Gasteiger partial charge in [0, 0.05) is 6.54 Å². The molecule has 1 aliphatic heterocycles. The SMILES string of the molecule is O=[C]N1CCCCC1CO. The molecule has 3 heteroatoms. The lowest BCUT2D eigenvalue weighted by atomic mass is 10.0. The molecule has 0 aliphatic carbocycles. The molecule has 1 rings (SSSR count). The summed E-state index contributed by atoms with van der Waals surface area (Å²) in [6.45, 7) is 0.837. The zero-order chi connectivity index (χ0) is 7.40. The number of amides is 1. The molecule has 0 aromatic heterocycles. The van der Waals surface area contributed by atoms with Gasteiger partial charge in [-0.1, -0.05) is 0 Å². The van der Waals surface area contributed by atoms with Crippen LogP contribution < -0.4 is 0 Å². The predicted octanol–water partition coefficient (Wildman–Crippen LogP) is -0.0996. The number of hydrogen-bond acceptors (Lipinski definition) is 2. The largest absolute Gasteiger partial charge is 0.394 e. The van der Waals surface area contributed by atoms with Crippen LogP contribution in [0.1, 0.15) is 19.3 Å². The first-order chi connectivity index (χ1) is 4.88. The van der Waals surface area contributed by atoms with E-state index in [2.05, 4.69) is 0 Å². The lowest BCUT2D eigenvalue weighted by molar-refractivity contribution is 0.143. The maximum absolute atomic E-state index is 10.2. The molecule has 1 heterocycles. The second-order valence-electron chi connectivity index (χ2n) is 2.62. The number of aliphatic hydroxyl groups is 1. The van der Waals surface area contributed by atoms with E-state index < -0.39 is 0 Å². The molecule has 1 N–H and O–H groups in total. The first-order valence-electron chi connectivity index (χ1n) is 3.63. The van der Waals surface area contributed by atoms with Gasteiger partial charge in [0.25, 0.3) is 0 Å². The van der Waals surface area contributed by atoms with Crippen LogP contribution in [0.4, 0.5) is 0 Å². The van der Waals surface area contributed by atoms with Crippen LogP contribution in [-0.4, -0.2) is 35.6 Å². The minimum Gasteiger partial charge on any atom is -0.394 e. The first-order valence-corrected chi connectivity index (χ1v) is 3.63. The summed E-state index contributed by atoms with van der Waals surface area (Å²) in [6, 6.07) is 0.0336. The van der Waals surface area contributed by atoms with Crippen molar-refractivity contribution in [1.82, 2.24) is 4.90 Å². The monoisotopic (exact) mass is 142 g/mol. The van der Waals surface area contributed by atoms with Crippen LogP contribution in [0.2, 0.25) is 0 Å². The third kappa shape index (κ3) is 1.48. The molecule has 0 saturated carbocycles. The molecular formula is C7H12NO2. The molecule has 1 saturated heterocycles. The average molecular weight is 142 g/mol. The van der Waals surface area contributed by atoms with Gasteiger partial charge >= 0.3 is 6.41 Å². The molecule has 0 aromatic rings. The van der Waals surface area contributed by atoms with E-state index >= 15 is 0 Å². The lowest BCUT2D eigenvalue weighted by Gasteiger charge is -2.30. The molecular weight excluding hydrogens is 130 g/mol. The van der Waals surface area contributed by atoms with Crippen molar-refractivity contribution in [3.05, 3.63) is 0 Å². The number of hydrogen-bond donors (Lipinski definition) is 1. The number of piperidine rings is 1. The summed E-state index contributed by atoms with van der Waals surface area (Å²) >= 11 is 0. The minimum atomic E-state index is 0.0336. The molecule has 0 spiro atoms. The smallest absolute Gasteiger partial charge is 0.312 e. The van der Waals surface area contributed by atoms with E-state index in [9.17, 15) is 4.79 Å². The van der Waals surface area contributed by atoms with Crippen molar-refractivity contribution in [2.45, 2.75) is 25.3 Å². The Hall–Kier alpha value is -0.570. The van der Waals surface area contributed by atoms with Gasteiger partial charge in [0.1, 0.15) is 0 Å². The van der Waals surface area contributed by atoms with Gasteiger partial charge in [-0.05, 0) is 19.3 Å². The van der Waals surface area contributed by atoms with Gasteiger partial charge in [0.15, 0.2) is 0 Å². The van der Waals surface area contributed by atoms with Crippen LogP contribution in [0.25, 0.3) is 0 Å². The van der Waals surface area contributed by atoms with Gasteiger partial charge < -0.3 is 10.0 Å². The highest BCUT2D eigenvalue weighted by Crippen LogP contribution is 2.13. The first kappa shape index (κ1) is 7.54. The molecule has 1 aliphatic rings. The van der Waals surface area contributed by atoms with E-state index in [0.717, 1.165) is 25.8 Å². The maximum Gasteiger partial charge on any atom is 0.312 e. The Kier molecular flexibility index (Phi) is 2.68. The van der Waals surface area contributed by atoms with Gasteiger partial charge in [-0.2, -0.15) is 0 Å². The van der Waals surface area contributed by atoms with Crippen molar-refractivity contribution in [2.24, 2.45) is 0 Å². The van der Waals surface area contributed by atoms with E-state index in [4.69, 9.17) is 5.11 Å². The fourth-order valence-corrected chi connectivity index (χ4v) is 1.31. The van der Waals surface area contributed by atoms with Crippen molar-refractivity contribution in [1.29, 1.82) is 0 Å². The summed E-state index contributed by atoms with van der Waals surface area (Å²) in [6.07, 6.45) is 4.91. The van der Waals surface area contributed by atoms with E-state index in [1.807, 2.05) is 6.41 Å². The second kappa shape index (κ2) is 3.56. The second-order valence-corrected chi connectivity index (χ2v) is 2.62. The summed E-state index contributed by atoms with van der Waals surface area (Å²) in [5.74, 6) is 0. The fourth-order valence-electron chi connectivity index (χ4n) is 1.31. The highest BCUT2D eigenvalue weighted by atomic mass is 16.3. The van der Waals surface area contributed by atoms with Crippen molar-refractivity contribution < 1.29 is 9.90 Å². The molecule has 1 atom stereocenters. The van der Waals surface area contributed by atoms with Gasteiger partial charge in [-0.25, -0.2) is 0 Å². The molecule has 1 unspecified atom stereocenters. The average Bonchev–Trinajstić information content (AvgIpc) is 2.04. The van der Waals surface area contributed by atoms with Crippen LogP contribution in [0.15, 0.2) is 0 Å². The highest BCUT2D eigenvalue weighted by Gasteiger charge is 2.19. The van der Waals surface area contributed by atoms with Crippen LogP contribution >= 0.6 is 0 Å². The molecule has 1 fully saturated rings. The Morgan fingerprint density at radius 1 is 1.60 bits per heavy atom. The van der Waals surface area contributed by atoms with Crippen molar-refractivity contribution in [3.63, 3.8) is 0 Å². The Labute approximate surface area is 60.6 Å². The summed E-state index contributed by atoms with van der Waals surface area (Å²) in [5, 5.41) is 8.77. The third-order valence-corrected chi connectivity index (χ3v) is 1.96. The minimum absolute atomic E-state index is 0.0336. The van der Waals surface area contributed by atoms with Gasteiger partial charge in [0.2, 0.25) is 0 Å². The van der Waals surface area contributed by atoms with Crippen molar-refractivity contribution >= 4 is 6.41 Å². The molecule has 57 valence electrons. The summed E-state index contributed by atoms with van der Waals surface area (Å²) < 4.78 is 0. The zero-order valence-corrected chi connectivity index (χ0v) is 5.92. The lowest BCUT2D eigenvalue weighted by Crippen LogP contribution is -2.40. The Morgan fingerprint density at radius 3 is 2.90 bits per heavy atom. The van der Waals surface area contributed by atoms with Crippen LogP contribution in [-0.2, 0) is 4.79 Å². The number of nitrogens with zero attached hydrogens (tertiary/aromatic N) is 1. The van der Waals surface area contributed by atoms with E-state index in [0.29, 0.717) is 0 Å². The van der Waals surface area contributed by atoms with Gasteiger partial charge in [-0.15, -0.1) is 0 Å². The molecule has 0 bridgehead atoms. The summed E-state index contributed by atoms with van der Waals surface area (Å²) in [7, 11) is 0. The number of carbonyl (C=O) groups excluding carboxylic acids is 1. The zero-order valence-electron chi connectivity index (χ0n) is 5.92. The van der Waals surface area contributed by atoms with E-state index in [1.54, 1.807) is 4.90 Å². The van der Waals surface area contributed by atoms with Crippen molar-refractivity contribution in [2.75, 3.05) is 13.2 Å². The fraction of sp³-hybridized carbons (Fsp3) is 0.857. The summed E-state index contributed by atoms with van der Waals surface area (Å²) in [5.41, 5.74) is 0. The molecule has 1 amide bonds. The topological polar surface area (TPSA) is 40.5 Å². The number of likely N-dealkylation sites (tertiary alicyclic amines) is 1. The number of rotatable bonds is 2. The predicted molar refractivity (Wildman–Crippen MR) is 37.1 cm³/mol. The van der Waals surface area contributed by atoms with Crippen molar-refractivity contribution in [3.8, 4) is 0 Å². The van der Waals surface area contributed by atoms with E-state index in [-0.39, 0.29) is 12.6 Å². The Bertz CT molecular complexity index is 116. The number of aliphatic hydroxyl groups excluding tert-OH is 1. The standard InChI is InChI=1S/C7H12NO2/c9-5-7-3-1-2-4-8(7)6-10/h7,9H,1-5H2. The quantitative estimate of drug-likeness (QED) is 0.585. The van der Waals surface area contributed by atoms with Gasteiger partial charge in [0.05, 0.1) is 12.6 Å². The summed E-state index contributed by atoms with van der Waals surface area (Å²) in [4.78, 5) is 11.8. The van der Waals surface area contributed by atoms with E-state index in [1.165, 1.54) is 0 Å². The normalized spacial score (nSPS) is 26.5. The Morgan fingerprint density at radius 2 is 2.40 bits per heavy atom. The molecule has 1 radical (unpaired) electrons. The molecule has 3 nitrogen and oxygen atoms in total. The van der Waals surface area contributed by atoms with Crippen LogP contribution in [0.5, 0.6) is 0 Å². The highest BCUT2D eigenvalue weighted by molar-refractivity contribution is 5.48. The molecule has 10 heavy (non-hydrogen) atoms. The van der Waals surface area contributed by atoms with Gasteiger partial charge in [-0.3, -0.25) is 4.79 Å². The van der Waals surface area contributed by atoms with Crippen LogP contribution in [0, 0.1) is 0 Å². The maximum atomic E-state index is 10.2. The Balaban J connectivity index is 2.41.